The van der Waals surface area contributed by atoms with Crippen LogP contribution >= 0.6 is 0 Å². The van der Waals surface area contributed by atoms with E-state index in [0.717, 1.165) is 36.8 Å². The number of ether oxygens (including phenoxy) is 2. The Morgan fingerprint density at radius 2 is 2.00 bits per heavy atom. The van der Waals surface area contributed by atoms with Crippen LogP contribution in [0.2, 0.25) is 0 Å². The molecule has 9 heteroatoms. The maximum atomic E-state index is 11.2. The van der Waals surface area contributed by atoms with Crippen LogP contribution in [0.15, 0.2) is 41.9 Å². The Kier molecular flexibility index (Phi) is 6.85. The summed E-state index contributed by atoms with van der Waals surface area (Å²) in [6.07, 6.45) is 8.88. The molecule has 1 aliphatic carbocycles. The van der Waals surface area contributed by atoms with Crippen LogP contribution < -0.4 is 4.74 Å². The maximum absolute atomic E-state index is 11.2. The monoisotopic (exact) mass is 494 g/mol. The second-order valence-corrected chi connectivity index (χ2v) is 9.88. The van der Waals surface area contributed by atoms with E-state index in [2.05, 4.69) is 15.1 Å². The molecule has 5 rings (SSSR count). The number of methoxy groups -OCH3 is 1. The molecule has 1 fully saturated rings. The average molecular weight is 495 g/mol. The van der Waals surface area contributed by atoms with Crippen molar-refractivity contribution in [1.29, 1.82) is 0 Å². The SMILES string of the molecule is CCc1cc(CCC2(C3CCCC3)CC(O)=C(Cc3nc4ncccn4n3)C(O)O2)c(OC)cc1O. The zero-order chi connectivity index (χ0) is 25.3. The lowest BCUT2D eigenvalue weighted by Crippen LogP contribution is -2.48. The Morgan fingerprint density at radius 3 is 2.69 bits per heavy atom. The van der Waals surface area contributed by atoms with Gasteiger partial charge in [0.05, 0.1) is 18.5 Å². The van der Waals surface area contributed by atoms with Crippen LogP contribution in [0.3, 0.4) is 0 Å². The molecule has 2 aliphatic rings. The van der Waals surface area contributed by atoms with Crippen LogP contribution in [0, 0.1) is 5.92 Å². The molecule has 1 aliphatic heterocycles. The first-order valence-corrected chi connectivity index (χ1v) is 12.7. The molecule has 1 aromatic carbocycles. The van der Waals surface area contributed by atoms with Gasteiger partial charge in [-0.05, 0) is 61.3 Å². The Bertz CT molecular complexity index is 1230. The van der Waals surface area contributed by atoms with Gasteiger partial charge < -0.3 is 24.8 Å². The molecule has 192 valence electrons. The number of aryl methyl sites for hydroxylation is 2. The molecule has 2 aromatic heterocycles. The summed E-state index contributed by atoms with van der Waals surface area (Å²) >= 11 is 0. The topological polar surface area (TPSA) is 122 Å². The van der Waals surface area contributed by atoms with Crippen molar-refractivity contribution in [3.8, 4) is 11.5 Å². The molecule has 1 saturated carbocycles. The van der Waals surface area contributed by atoms with Crippen LogP contribution in [-0.4, -0.2) is 53.9 Å². The highest BCUT2D eigenvalue weighted by Crippen LogP contribution is 2.47. The van der Waals surface area contributed by atoms with Gasteiger partial charge in [-0.2, -0.15) is 4.98 Å². The fraction of sp³-hybridized carbons (Fsp3) is 0.519. The predicted molar refractivity (Wildman–Crippen MR) is 133 cm³/mol. The summed E-state index contributed by atoms with van der Waals surface area (Å²) in [5.74, 6) is 2.19. The van der Waals surface area contributed by atoms with Gasteiger partial charge in [-0.15, -0.1) is 5.10 Å². The molecule has 0 bridgehead atoms. The van der Waals surface area contributed by atoms with Gasteiger partial charge in [-0.25, -0.2) is 9.50 Å². The molecule has 0 amide bonds. The Labute approximate surface area is 210 Å². The summed E-state index contributed by atoms with van der Waals surface area (Å²) in [7, 11) is 1.60. The first-order chi connectivity index (χ1) is 17.4. The van der Waals surface area contributed by atoms with E-state index >= 15 is 0 Å². The molecule has 3 N–H and O–H groups in total. The van der Waals surface area contributed by atoms with Crippen LogP contribution in [-0.2, 0) is 24.0 Å². The third kappa shape index (κ3) is 4.65. The van der Waals surface area contributed by atoms with Crippen molar-refractivity contribution in [3.63, 3.8) is 0 Å². The Morgan fingerprint density at radius 1 is 1.19 bits per heavy atom. The summed E-state index contributed by atoms with van der Waals surface area (Å²) in [5.41, 5.74) is 1.56. The number of rotatable bonds is 8. The van der Waals surface area contributed by atoms with Crippen molar-refractivity contribution in [2.24, 2.45) is 5.92 Å². The third-order valence-electron chi connectivity index (χ3n) is 7.77. The van der Waals surface area contributed by atoms with Crippen molar-refractivity contribution in [2.75, 3.05) is 7.11 Å². The van der Waals surface area contributed by atoms with Gasteiger partial charge in [-0.1, -0.05) is 19.8 Å². The van der Waals surface area contributed by atoms with E-state index in [0.29, 0.717) is 48.6 Å². The number of hydrogen-bond acceptors (Lipinski definition) is 8. The highest BCUT2D eigenvalue weighted by Gasteiger charge is 2.47. The summed E-state index contributed by atoms with van der Waals surface area (Å²) in [6.45, 7) is 2.00. The summed E-state index contributed by atoms with van der Waals surface area (Å²) in [4.78, 5) is 8.59. The molecule has 2 unspecified atom stereocenters. The zero-order valence-corrected chi connectivity index (χ0v) is 20.9. The first-order valence-electron chi connectivity index (χ1n) is 12.7. The minimum atomic E-state index is -1.24. The van der Waals surface area contributed by atoms with E-state index in [4.69, 9.17) is 9.47 Å². The van der Waals surface area contributed by atoms with E-state index in [1.54, 1.807) is 36.2 Å². The molecule has 2 atom stereocenters. The minimum Gasteiger partial charge on any atom is -0.512 e. The predicted octanol–water partition coefficient (Wildman–Crippen LogP) is 4.06. The summed E-state index contributed by atoms with van der Waals surface area (Å²) < 4.78 is 13.5. The minimum absolute atomic E-state index is 0.152. The van der Waals surface area contributed by atoms with Gasteiger partial charge in [0.1, 0.15) is 11.5 Å². The van der Waals surface area contributed by atoms with Crippen LogP contribution in [0.4, 0.5) is 0 Å². The Balaban J connectivity index is 1.41. The standard InChI is InChI=1S/C27H34N4O5/c1-3-17-13-18(23(35-2)15-21(17)32)9-10-27(19-7-4-5-8-19)16-22(33)20(25(34)36-27)14-24-29-26-28-11-6-12-31(26)30-24/h6,11-13,15,19,25,32-34H,3-5,7-10,14,16H2,1-2H3. The highest BCUT2D eigenvalue weighted by atomic mass is 16.6. The number of aliphatic hydroxyl groups excluding tert-OH is 2. The molecule has 9 nitrogen and oxygen atoms in total. The van der Waals surface area contributed by atoms with Crippen LogP contribution in [0.1, 0.15) is 62.4 Å². The largest absolute Gasteiger partial charge is 0.512 e. The van der Waals surface area contributed by atoms with Gasteiger partial charge in [0, 0.05) is 36.9 Å². The van der Waals surface area contributed by atoms with E-state index in [-0.39, 0.29) is 23.8 Å². The second-order valence-electron chi connectivity index (χ2n) is 9.88. The lowest BCUT2D eigenvalue weighted by Gasteiger charge is -2.44. The number of phenols is 1. The maximum Gasteiger partial charge on any atom is 0.252 e. The molecular weight excluding hydrogens is 460 g/mol. The van der Waals surface area contributed by atoms with Crippen molar-refractivity contribution in [3.05, 3.63) is 58.9 Å². The van der Waals surface area contributed by atoms with Crippen LogP contribution in [0.25, 0.3) is 5.78 Å². The fourth-order valence-electron chi connectivity index (χ4n) is 5.81. The van der Waals surface area contributed by atoms with Crippen molar-refractivity contribution < 1.29 is 24.8 Å². The van der Waals surface area contributed by atoms with Crippen molar-refractivity contribution in [1.82, 2.24) is 19.6 Å². The van der Waals surface area contributed by atoms with Gasteiger partial charge in [-0.3, -0.25) is 0 Å². The number of aromatic hydroxyl groups is 1. The molecule has 3 aromatic rings. The number of aliphatic hydroxyl groups is 2. The number of nitrogens with zero attached hydrogens (tertiary/aromatic N) is 4. The van der Waals surface area contributed by atoms with E-state index in [1.165, 1.54) is 0 Å². The average Bonchev–Trinajstić information content (AvgIpc) is 3.55. The van der Waals surface area contributed by atoms with Crippen molar-refractivity contribution in [2.45, 2.75) is 76.6 Å². The number of benzene rings is 1. The number of fused-ring (bicyclic) bond motifs is 1. The zero-order valence-electron chi connectivity index (χ0n) is 20.9. The highest BCUT2D eigenvalue weighted by molar-refractivity contribution is 5.46. The lowest BCUT2D eigenvalue weighted by atomic mass is 9.76. The Hall–Kier alpha value is -3.17. The lowest BCUT2D eigenvalue weighted by molar-refractivity contribution is -0.206. The van der Waals surface area contributed by atoms with Gasteiger partial charge in [0.25, 0.3) is 5.78 Å². The fourth-order valence-corrected chi connectivity index (χ4v) is 5.81. The molecule has 36 heavy (non-hydrogen) atoms. The van der Waals surface area contributed by atoms with E-state index in [9.17, 15) is 15.3 Å². The number of phenolic OH excluding ortho intramolecular Hbond substituents is 1. The van der Waals surface area contributed by atoms with Gasteiger partial charge in [0.2, 0.25) is 0 Å². The van der Waals surface area contributed by atoms with Crippen LogP contribution in [0.5, 0.6) is 11.5 Å². The smallest absolute Gasteiger partial charge is 0.252 e. The van der Waals surface area contributed by atoms with E-state index in [1.807, 2.05) is 13.0 Å². The first kappa shape index (κ1) is 24.5. The van der Waals surface area contributed by atoms with Crippen molar-refractivity contribution >= 4 is 5.78 Å². The quantitative estimate of drug-likeness (QED) is 0.429. The number of aromatic nitrogens is 4. The van der Waals surface area contributed by atoms with Gasteiger partial charge in [0.15, 0.2) is 12.1 Å². The van der Waals surface area contributed by atoms with E-state index < -0.39 is 11.9 Å². The molecule has 0 spiro atoms. The molecule has 3 heterocycles. The molecule has 0 radical (unpaired) electrons. The molecular formula is C27H34N4O5. The third-order valence-corrected chi connectivity index (χ3v) is 7.77. The number of hydrogen-bond donors (Lipinski definition) is 3. The molecule has 0 saturated heterocycles. The summed E-state index contributed by atoms with van der Waals surface area (Å²) in [6, 6.07) is 5.42. The second kappa shape index (κ2) is 10.1. The summed E-state index contributed by atoms with van der Waals surface area (Å²) in [5, 5.41) is 37.0. The van der Waals surface area contributed by atoms with Gasteiger partial charge >= 0.3 is 0 Å². The normalized spacial score (nSPS) is 23.0.